The number of aromatic nitrogens is 2. The number of hydrogen-bond acceptors (Lipinski definition) is 5. The van der Waals surface area contributed by atoms with Crippen LogP contribution in [0.3, 0.4) is 0 Å². The summed E-state index contributed by atoms with van der Waals surface area (Å²) in [6.45, 7) is 4.14. The van der Waals surface area contributed by atoms with E-state index >= 15 is 0 Å². The number of aromatic amines is 2. The Bertz CT molecular complexity index is 1070. The van der Waals surface area contributed by atoms with Crippen LogP contribution in [0, 0.1) is 6.92 Å². The highest BCUT2D eigenvalue weighted by Crippen LogP contribution is 2.27. The first kappa shape index (κ1) is 18.4. The first-order valence-electron chi connectivity index (χ1n) is 9.37. The SMILES string of the molecule is Cc1cc2[nH]c(=O)c(=O)[nH]c2cc1S(=O)(=O)N1CCN(C2CCCC2)CC1. The third-order valence-electron chi connectivity index (χ3n) is 5.75. The molecule has 1 aromatic carbocycles. The summed E-state index contributed by atoms with van der Waals surface area (Å²) >= 11 is 0. The maximum Gasteiger partial charge on any atom is 0.314 e. The number of sulfonamides is 1. The fraction of sp³-hybridized carbons (Fsp3) is 0.556. The van der Waals surface area contributed by atoms with Crippen LogP contribution in [0.25, 0.3) is 11.0 Å². The van der Waals surface area contributed by atoms with Gasteiger partial charge in [0.05, 0.1) is 15.9 Å². The van der Waals surface area contributed by atoms with Crippen molar-refractivity contribution < 1.29 is 8.42 Å². The molecule has 9 heteroatoms. The molecule has 1 aromatic heterocycles. The summed E-state index contributed by atoms with van der Waals surface area (Å²) < 4.78 is 27.9. The number of nitrogens with zero attached hydrogens (tertiary/aromatic N) is 2. The van der Waals surface area contributed by atoms with Crippen LogP contribution in [0.4, 0.5) is 0 Å². The molecule has 0 unspecified atom stereocenters. The number of benzene rings is 1. The Hall–Kier alpha value is -1.97. The molecule has 1 saturated heterocycles. The van der Waals surface area contributed by atoms with Crippen LogP contribution < -0.4 is 11.1 Å². The van der Waals surface area contributed by atoms with Gasteiger partial charge in [-0.05, 0) is 37.5 Å². The molecule has 146 valence electrons. The Morgan fingerprint density at radius 3 is 2.07 bits per heavy atom. The first-order chi connectivity index (χ1) is 12.9. The Morgan fingerprint density at radius 2 is 1.48 bits per heavy atom. The molecular weight excluding hydrogens is 368 g/mol. The predicted octanol–water partition coefficient (Wildman–Crippen LogP) is 0.774. The summed E-state index contributed by atoms with van der Waals surface area (Å²) in [7, 11) is -3.66. The van der Waals surface area contributed by atoms with Gasteiger partial charge >= 0.3 is 11.1 Å². The second-order valence-corrected chi connectivity index (χ2v) is 9.36. The fourth-order valence-corrected chi connectivity index (χ4v) is 5.90. The first-order valence-corrected chi connectivity index (χ1v) is 10.8. The van der Waals surface area contributed by atoms with Gasteiger partial charge in [0, 0.05) is 32.2 Å². The van der Waals surface area contributed by atoms with E-state index in [2.05, 4.69) is 14.9 Å². The van der Waals surface area contributed by atoms with E-state index in [-0.39, 0.29) is 4.90 Å². The molecule has 8 nitrogen and oxygen atoms in total. The molecule has 4 rings (SSSR count). The molecule has 2 heterocycles. The van der Waals surface area contributed by atoms with Gasteiger partial charge in [-0.2, -0.15) is 4.31 Å². The van der Waals surface area contributed by atoms with E-state index in [1.807, 2.05) is 0 Å². The van der Waals surface area contributed by atoms with Crippen LogP contribution in [-0.2, 0) is 10.0 Å². The van der Waals surface area contributed by atoms with Gasteiger partial charge in [-0.25, -0.2) is 8.42 Å². The maximum absolute atomic E-state index is 13.2. The highest BCUT2D eigenvalue weighted by Gasteiger charge is 2.32. The van der Waals surface area contributed by atoms with Crippen molar-refractivity contribution in [2.24, 2.45) is 0 Å². The highest BCUT2D eigenvalue weighted by molar-refractivity contribution is 7.89. The standard InChI is InChI=1S/C18H24N4O4S/c1-12-10-14-15(20-18(24)17(23)19-14)11-16(12)27(25,26)22-8-6-21(7-9-22)13-4-2-3-5-13/h10-11,13H,2-9H2,1H3,(H,19,23)(H,20,24). The molecule has 0 bridgehead atoms. The van der Waals surface area contributed by atoms with Gasteiger partial charge in [-0.15, -0.1) is 0 Å². The minimum Gasteiger partial charge on any atom is -0.316 e. The van der Waals surface area contributed by atoms with Crippen molar-refractivity contribution in [3.63, 3.8) is 0 Å². The van der Waals surface area contributed by atoms with E-state index in [1.54, 1.807) is 13.0 Å². The predicted molar refractivity (Wildman–Crippen MR) is 103 cm³/mol. The van der Waals surface area contributed by atoms with Crippen LogP contribution in [-0.4, -0.2) is 59.8 Å². The second kappa shape index (κ2) is 6.88. The normalized spacial score (nSPS) is 20.5. The van der Waals surface area contributed by atoms with E-state index in [0.717, 1.165) is 13.1 Å². The van der Waals surface area contributed by atoms with Crippen molar-refractivity contribution >= 4 is 21.1 Å². The summed E-state index contributed by atoms with van der Waals surface area (Å²) in [5.41, 5.74) is -0.265. The van der Waals surface area contributed by atoms with Crippen LogP contribution in [0.5, 0.6) is 0 Å². The number of hydrogen-bond donors (Lipinski definition) is 2. The lowest BCUT2D eigenvalue weighted by Crippen LogP contribution is -2.51. The molecular formula is C18H24N4O4S. The zero-order chi connectivity index (χ0) is 19.2. The smallest absolute Gasteiger partial charge is 0.314 e. The third kappa shape index (κ3) is 3.35. The zero-order valence-corrected chi connectivity index (χ0v) is 16.1. The second-order valence-electron chi connectivity index (χ2n) is 7.45. The summed E-state index contributed by atoms with van der Waals surface area (Å²) in [6.07, 6.45) is 4.95. The van der Waals surface area contributed by atoms with Crippen molar-refractivity contribution in [2.45, 2.75) is 43.5 Å². The largest absolute Gasteiger partial charge is 0.316 e. The van der Waals surface area contributed by atoms with Gasteiger partial charge in [0.15, 0.2) is 0 Å². The van der Waals surface area contributed by atoms with E-state index in [9.17, 15) is 18.0 Å². The topological polar surface area (TPSA) is 106 Å². The minimum absolute atomic E-state index is 0.173. The lowest BCUT2D eigenvalue weighted by atomic mass is 10.2. The molecule has 1 aliphatic carbocycles. The summed E-state index contributed by atoms with van der Waals surface area (Å²) in [4.78, 5) is 30.6. The summed E-state index contributed by atoms with van der Waals surface area (Å²) in [6, 6.07) is 3.63. The van der Waals surface area contributed by atoms with E-state index in [0.29, 0.717) is 35.7 Å². The number of aryl methyl sites for hydroxylation is 1. The minimum atomic E-state index is -3.66. The number of piperazine rings is 1. The lowest BCUT2D eigenvalue weighted by Gasteiger charge is -2.37. The third-order valence-corrected chi connectivity index (χ3v) is 7.79. The van der Waals surface area contributed by atoms with Gasteiger partial charge in [0.25, 0.3) is 0 Å². The summed E-state index contributed by atoms with van der Waals surface area (Å²) in [5.74, 6) is 0. The Morgan fingerprint density at radius 1 is 0.926 bits per heavy atom. The average Bonchev–Trinajstić information content (AvgIpc) is 3.17. The molecule has 2 aromatic rings. The quantitative estimate of drug-likeness (QED) is 0.751. The number of rotatable bonds is 3. The molecule has 1 aliphatic heterocycles. The van der Waals surface area contributed by atoms with Gasteiger partial charge in [0.2, 0.25) is 10.0 Å². The number of nitrogens with one attached hydrogen (secondary N) is 2. The molecule has 1 saturated carbocycles. The van der Waals surface area contributed by atoms with Crippen molar-refractivity contribution in [3.05, 3.63) is 38.4 Å². The summed E-state index contributed by atoms with van der Waals surface area (Å²) in [5, 5.41) is 0. The fourth-order valence-electron chi connectivity index (χ4n) is 4.25. The zero-order valence-electron chi connectivity index (χ0n) is 15.3. The van der Waals surface area contributed by atoms with E-state index < -0.39 is 21.1 Å². The van der Waals surface area contributed by atoms with Gasteiger partial charge in [0.1, 0.15) is 0 Å². The molecule has 0 amide bonds. The Labute approximate surface area is 157 Å². The maximum atomic E-state index is 13.2. The van der Waals surface area contributed by atoms with Gasteiger partial charge in [-0.3, -0.25) is 14.5 Å². The monoisotopic (exact) mass is 392 g/mol. The molecule has 2 aliphatic rings. The lowest BCUT2D eigenvalue weighted by molar-refractivity contribution is 0.139. The number of fused-ring (bicyclic) bond motifs is 1. The van der Waals surface area contributed by atoms with Crippen molar-refractivity contribution in [1.29, 1.82) is 0 Å². The average molecular weight is 392 g/mol. The molecule has 0 spiro atoms. The van der Waals surface area contributed by atoms with Gasteiger partial charge in [-0.1, -0.05) is 12.8 Å². The van der Waals surface area contributed by atoms with Crippen LogP contribution in [0.15, 0.2) is 26.6 Å². The molecule has 2 N–H and O–H groups in total. The molecule has 0 atom stereocenters. The van der Waals surface area contributed by atoms with Crippen molar-refractivity contribution in [3.8, 4) is 0 Å². The number of H-pyrrole nitrogens is 2. The van der Waals surface area contributed by atoms with Crippen LogP contribution in [0.2, 0.25) is 0 Å². The Kier molecular flexibility index (Phi) is 4.69. The van der Waals surface area contributed by atoms with Crippen molar-refractivity contribution in [1.82, 2.24) is 19.2 Å². The highest BCUT2D eigenvalue weighted by atomic mass is 32.2. The molecule has 27 heavy (non-hydrogen) atoms. The Balaban J connectivity index is 1.62. The van der Waals surface area contributed by atoms with Crippen molar-refractivity contribution in [2.75, 3.05) is 26.2 Å². The van der Waals surface area contributed by atoms with Crippen LogP contribution in [0.1, 0.15) is 31.2 Å². The molecule has 2 fully saturated rings. The van der Waals surface area contributed by atoms with Gasteiger partial charge < -0.3 is 9.97 Å². The van der Waals surface area contributed by atoms with E-state index in [1.165, 1.54) is 36.1 Å². The molecule has 0 radical (unpaired) electrons. The van der Waals surface area contributed by atoms with E-state index in [4.69, 9.17) is 0 Å². The van der Waals surface area contributed by atoms with Crippen LogP contribution >= 0.6 is 0 Å².